The Kier molecular flexibility index (Phi) is 5.66. The number of amides is 2. The number of benzene rings is 2. The smallest absolute Gasteiger partial charge is 0.317 e. The molecule has 1 aliphatic heterocycles. The average Bonchev–Trinajstić information content (AvgIpc) is 3.12. The summed E-state index contributed by atoms with van der Waals surface area (Å²) in [5.74, 6) is -0.190. The standard InChI is InChI=1S/C20H23FN2O2/c21-18-9-5-4-8-17(18)19(12-15-6-2-1-3-7-15)22-20(25)23-11-10-16(13-23)14-24/h1-9,16,19,24H,10-14H2,(H,22,25). The van der Waals surface area contributed by atoms with Crippen molar-refractivity contribution in [2.45, 2.75) is 18.9 Å². The molecule has 1 saturated heterocycles. The third-order valence-corrected chi connectivity index (χ3v) is 4.69. The Balaban J connectivity index is 1.77. The Morgan fingerprint density at radius 1 is 1.20 bits per heavy atom. The van der Waals surface area contributed by atoms with Crippen molar-refractivity contribution in [1.29, 1.82) is 0 Å². The number of aliphatic hydroxyl groups excluding tert-OH is 1. The summed E-state index contributed by atoms with van der Waals surface area (Å²) in [7, 11) is 0. The predicted octanol–water partition coefficient (Wildman–Crippen LogP) is 3.13. The molecule has 2 unspecified atom stereocenters. The number of urea groups is 1. The first-order valence-electron chi connectivity index (χ1n) is 8.62. The lowest BCUT2D eigenvalue weighted by Gasteiger charge is -2.24. The maximum absolute atomic E-state index is 14.3. The van der Waals surface area contributed by atoms with Crippen molar-refractivity contribution in [3.63, 3.8) is 0 Å². The number of likely N-dealkylation sites (tertiary alicyclic amines) is 1. The zero-order chi connectivity index (χ0) is 17.6. The molecule has 3 rings (SSSR count). The highest BCUT2D eigenvalue weighted by molar-refractivity contribution is 5.75. The van der Waals surface area contributed by atoms with Gasteiger partial charge in [-0.05, 0) is 24.5 Å². The maximum Gasteiger partial charge on any atom is 0.317 e. The number of hydrogen-bond donors (Lipinski definition) is 2. The molecule has 4 nitrogen and oxygen atoms in total. The minimum atomic E-state index is -0.440. The minimum absolute atomic E-state index is 0.0878. The molecule has 2 aromatic rings. The van der Waals surface area contributed by atoms with Gasteiger partial charge in [-0.15, -0.1) is 0 Å². The van der Waals surface area contributed by atoms with Crippen LogP contribution in [0.2, 0.25) is 0 Å². The summed E-state index contributed by atoms with van der Waals surface area (Å²) >= 11 is 0. The topological polar surface area (TPSA) is 52.6 Å². The maximum atomic E-state index is 14.3. The molecule has 2 aromatic carbocycles. The second kappa shape index (κ2) is 8.12. The van der Waals surface area contributed by atoms with Crippen LogP contribution in [0.15, 0.2) is 54.6 Å². The van der Waals surface area contributed by atoms with Crippen LogP contribution in [-0.2, 0) is 6.42 Å². The Morgan fingerprint density at radius 2 is 1.92 bits per heavy atom. The van der Waals surface area contributed by atoms with Gasteiger partial charge in [0, 0.05) is 31.2 Å². The highest BCUT2D eigenvalue weighted by Gasteiger charge is 2.28. The summed E-state index contributed by atoms with van der Waals surface area (Å²) in [5.41, 5.74) is 1.52. The molecule has 0 spiro atoms. The van der Waals surface area contributed by atoms with Gasteiger partial charge in [-0.1, -0.05) is 48.5 Å². The number of carbonyl (C=O) groups excluding carboxylic acids is 1. The summed E-state index contributed by atoms with van der Waals surface area (Å²) in [6.07, 6.45) is 1.32. The molecular weight excluding hydrogens is 319 g/mol. The minimum Gasteiger partial charge on any atom is -0.396 e. The predicted molar refractivity (Wildman–Crippen MR) is 94.6 cm³/mol. The van der Waals surface area contributed by atoms with E-state index in [1.165, 1.54) is 6.07 Å². The van der Waals surface area contributed by atoms with Gasteiger partial charge >= 0.3 is 6.03 Å². The number of rotatable bonds is 5. The second-order valence-corrected chi connectivity index (χ2v) is 6.50. The summed E-state index contributed by atoms with van der Waals surface area (Å²) in [5, 5.41) is 12.2. The number of carbonyl (C=O) groups is 1. The summed E-state index contributed by atoms with van der Waals surface area (Å²) in [4.78, 5) is 14.3. The van der Waals surface area contributed by atoms with Crippen LogP contribution in [0.3, 0.4) is 0 Å². The number of aliphatic hydroxyl groups is 1. The van der Waals surface area contributed by atoms with Crippen molar-refractivity contribution < 1.29 is 14.3 Å². The van der Waals surface area contributed by atoms with Crippen LogP contribution >= 0.6 is 0 Å². The largest absolute Gasteiger partial charge is 0.396 e. The molecule has 2 N–H and O–H groups in total. The lowest BCUT2D eigenvalue weighted by molar-refractivity contribution is 0.194. The monoisotopic (exact) mass is 342 g/mol. The fourth-order valence-corrected chi connectivity index (χ4v) is 3.25. The van der Waals surface area contributed by atoms with Gasteiger partial charge in [0.25, 0.3) is 0 Å². The molecule has 132 valence electrons. The molecule has 25 heavy (non-hydrogen) atoms. The van der Waals surface area contributed by atoms with Gasteiger partial charge in [-0.25, -0.2) is 9.18 Å². The zero-order valence-corrected chi connectivity index (χ0v) is 14.1. The number of nitrogens with zero attached hydrogens (tertiary/aromatic N) is 1. The normalized spacial score (nSPS) is 18.2. The van der Waals surface area contributed by atoms with E-state index in [4.69, 9.17) is 0 Å². The molecule has 1 heterocycles. The summed E-state index contributed by atoms with van der Waals surface area (Å²) in [6.45, 7) is 1.24. The molecule has 2 atom stereocenters. The van der Waals surface area contributed by atoms with E-state index in [2.05, 4.69) is 5.32 Å². The quantitative estimate of drug-likeness (QED) is 0.877. The van der Waals surface area contributed by atoms with Gasteiger partial charge in [0.1, 0.15) is 5.82 Å². The lowest BCUT2D eigenvalue weighted by atomic mass is 9.98. The van der Waals surface area contributed by atoms with Crippen molar-refractivity contribution in [1.82, 2.24) is 10.2 Å². The molecule has 0 radical (unpaired) electrons. The van der Waals surface area contributed by atoms with Crippen molar-refractivity contribution in [3.8, 4) is 0 Å². The zero-order valence-electron chi connectivity index (χ0n) is 14.1. The number of nitrogens with one attached hydrogen (secondary N) is 1. The van der Waals surface area contributed by atoms with Crippen LogP contribution < -0.4 is 5.32 Å². The highest BCUT2D eigenvalue weighted by atomic mass is 19.1. The van der Waals surface area contributed by atoms with Gasteiger partial charge in [0.05, 0.1) is 6.04 Å². The van der Waals surface area contributed by atoms with Gasteiger partial charge in [0.2, 0.25) is 0 Å². The lowest BCUT2D eigenvalue weighted by Crippen LogP contribution is -2.41. The Labute approximate surface area is 147 Å². The molecule has 1 fully saturated rings. The van der Waals surface area contributed by atoms with E-state index in [0.717, 1.165) is 12.0 Å². The van der Waals surface area contributed by atoms with Gasteiger partial charge in [-0.3, -0.25) is 0 Å². The molecular formula is C20H23FN2O2. The van der Waals surface area contributed by atoms with E-state index in [-0.39, 0.29) is 24.4 Å². The Hall–Kier alpha value is -2.40. The first-order chi connectivity index (χ1) is 12.2. The van der Waals surface area contributed by atoms with Crippen LogP contribution in [0.5, 0.6) is 0 Å². The van der Waals surface area contributed by atoms with Gasteiger partial charge < -0.3 is 15.3 Å². The van der Waals surface area contributed by atoms with Gasteiger partial charge in [-0.2, -0.15) is 0 Å². The Bertz CT molecular complexity index is 708. The van der Waals surface area contributed by atoms with E-state index in [1.807, 2.05) is 30.3 Å². The number of hydrogen-bond acceptors (Lipinski definition) is 2. The summed E-state index contributed by atoms with van der Waals surface area (Å²) in [6, 6.07) is 15.6. The second-order valence-electron chi connectivity index (χ2n) is 6.50. The van der Waals surface area contributed by atoms with Crippen molar-refractivity contribution >= 4 is 6.03 Å². The van der Waals surface area contributed by atoms with Crippen LogP contribution in [0.25, 0.3) is 0 Å². The van der Waals surface area contributed by atoms with E-state index in [9.17, 15) is 14.3 Å². The molecule has 0 bridgehead atoms. The fraction of sp³-hybridized carbons (Fsp3) is 0.350. The molecule has 5 heteroatoms. The van der Waals surface area contributed by atoms with Gasteiger partial charge in [0.15, 0.2) is 0 Å². The van der Waals surface area contributed by atoms with Crippen LogP contribution in [0, 0.1) is 11.7 Å². The third-order valence-electron chi connectivity index (χ3n) is 4.69. The van der Waals surface area contributed by atoms with E-state index in [0.29, 0.717) is 25.1 Å². The van der Waals surface area contributed by atoms with E-state index < -0.39 is 6.04 Å². The van der Waals surface area contributed by atoms with Crippen molar-refractivity contribution in [2.24, 2.45) is 5.92 Å². The number of halogens is 1. The average molecular weight is 342 g/mol. The third kappa shape index (κ3) is 4.37. The van der Waals surface area contributed by atoms with Crippen LogP contribution in [0.1, 0.15) is 23.6 Å². The van der Waals surface area contributed by atoms with Crippen molar-refractivity contribution in [2.75, 3.05) is 19.7 Å². The fourth-order valence-electron chi connectivity index (χ4n) is 3.25. The SMILES string of the molecule is O=C(NC(Cc1ccccc1)c1ccccc1F)N1CCC(CO)C1. The molecule has 0 saturated carbocycles. The molecule has 0 aromatic heterocycles. The van der Waals surface area contributed by atoms with E-state index >= 15 is 0 Å². The molecule has 0 aliphatic carbocycles. The Morgan fingerprint density at radius 3 is 2.60 bits per heavy atom. The van der Waals surface area contributed by atoms with Crippen LogP contribution in [-0.4, -0.2) is 35.7 Å². The molecule has 1 aliphatic rings. The van der Waals surface area contributed by atoms with E-state index in [1.54, 1.807) is 23.1 Å². The highest BCUT2D eigenvalue weighted by Crippen LogP contribution is 2.23. The summed E-state index contributed by atoms with van der Waals surface area (Å²) < 4.78 is 14.3. The van der Waals surface area contributed by atoms with Crippen molar-refractivity contribution in [3.05, 3.63) is 71.5 Å². The van der Waals surface area contributed by atoms with Crippen LogP contribution in [0.4, 0.5) is 9.18 Å². The first-order valence-corrected chi connectivity index (χ1v) is 8.62. The molecule has 2 amide bonds. The first kappa shape index (κ1) is 17.4.